The largest absolute Gasteiger partial charge is 0.469 e. The summed E-state index contributed by atoms with van der Waals surface area (Å²) in [5, 5.41) is 2.66. The summed E-state index contributed by atoms with van der Waals surface area (Å²) in [5.74, 6) is -2.96. The van der Waals surface area contributed by atoms with Crippen molar-refractivity contribution in [1.29, 1.82) is 0 Å². The van der Waals surface area contributed by atoms with Crippen molar-refractivity contribution in [1.82, 2.24) is 5.32 Å². The maximum absolute atomic E-state index is 13.1. The van der Waals surface area contributed by atoms with Gasteiger partial charge in [0.15, 0.2) is 24.6 Å². The maximum Gasteiger partial charge on any atom is 0.407 e. The van der Waals surface area contributed by atoms with E-state index in [1.165, 1.54) is 7.11 Å². The molecule has 5 rings (SSSR count). The van der Waals surface area contributed by atoms with Crippen LogP contribution in [-0.4, -0.2) is 93.3 Å². The maximum atomic E-state index is 13.1. The number of amides is 1. The molecule has 3 aliphatic rings. The van der Waals surface area contributed by atoms with Crippen LogP contribution in [0.15, 0.2) is 60.7 Å². The fourth-order valence-electron chi connectivity index (χ4n) is 7.44. The third-order valence-electron chi connectivity index (χ3n) is 9.81. The number of benzene rings is 2. The molecule has 1 amide bonds. The summed E-state index contributed by atoms with van der Waals surface area (Å²) in [6.45, 7) is 3.34. The Hall–Kier alpha value is -5.08. The van der Waals surface area contributed by atoms with Crippen molar-refractivity contribution in [3.63, 3.8) is 0 Å². The first-order chi connectivity index (χ1) is 26.0. The number of methoxy groups -OCH3 is 1. The van der Waals surface area contributed by atoms with Gasteiger partial charge in [-0.05, 0) is 47.4 Å². The number of fused-ring (bicyclic) bond motifs is 3. The number of carbonyl (C=O) groups is 6. The Morgan fingerprint density at radius 2 is 1.44 bits per heavy atom. The molecule has 290 valence electrons. The Bertz CT molecular complexity index is 1680. The molecule has 1 aliphatic heterocycles. The molecule has 2 aromatic carbocycles. The van der Waals surface area contributed by atoms with Crippen LogP contribution in [0.2, 0.25) is 0 Å². The summed E-state index contributed by atoms with van der Waals surface area (Å²) in [6.07, 6.45) is -1.40. The van der Waals surface area contributed by atoms with Crippen LogP contribution in [0.1, 0.15) is 69.9 Å². The third-order valence-corrected chi connectivity index (χ3v) is 9.81. The van der Waals surface area contributed by atoms with Crippen molar-refractivity contribution in [3.8, 4) is 11.1 Å². The number of carbonyl (C=O) groups excluding carboxylic acids is 6. The van der Waals surface area contributed by atoms with E-state index in [9.17, 15) is 28.8 Å². The van der Waals surface area contributed by atoms with Gasteiger partial charge in [-0.25, -0.2) is 4.79 Å². The van der Waals surface area contributed by atoms with Crippen molar-refractivity contribution in [2.75, 3.05) is 26.9 Å². The average Bonchev–Trinajstić information content (AvgIpc) is 3.65. The fourth-order valence-corrected chi connectivity index (χ4v) is 7.44. The van der Waals surface area contributed by atoms with Gasteiger partial charge in [0.1, 0.15) is 18.5 Å². The minimum Gasteiger partial charge on any atom is -0.469 e. The Labute approximate surface area is 313 Å². The zero-order chi connectivity index (χ0) is 38.8. The van der Waals surface area contributed by atoms with Gasteiger partial charge in [0, 0.05) is 45.4 Å². The highest BCUT2D eigenvalue weighted by atomic mass is 16.7. The number of nitrogens with one attached hydrogen (secondary N) is 1. The van der Waals surface area contributed by atoms with Crippen molar-refractivity contribution >= 4 is 35.8 Å². The molecule has 0 radical (unpaired) electrons. The van der Waals surface area contributed by atoms with Crippen molar-refractivity contribution in [2.45, 2.75) is 89.5 Å². The van der Waals surface area contributed by atoms with Gasteiger partial charge in [-0.15, -0.1) is 0 Å². The van der Waals surface area contributed by atoms with Crippen LogP contribution in [0.5, 0.6) is 0 Å². The molecule has 0 bridgehead atoms. The number of alkyl carbamates (subject to hydrolysis) is 1. The lowest BCUT2D eigenvalue weighted by atomic mass is 9.89. The van der Waals surface area contributed by atoms with E-state index in [0.29, 0.717) is 25.7 Å². The van der Waals surface area contributed by atoms with Crippen LogP contribution in [0.3, 0.4) is 0 Å². The van der Waals surface area contributed by atoms with Crippen LogP contribution in [0.4, 0.5) is 4.79 Å². The minimum absolute atomic E-state index is 0.0562. The normalized spacial score (nSPS) is 24.7. The second-order valence-corrected chi connectivity index (χ2v) is 13.5. The molecule has 0 spiro atoms. The molecular weight excluding hydrogens is 702 g/mol. The van der Waals surface area contributed by atoms with Gasteiger partial charge in [-0.2, -0.15) is 0 Å². The van der Waals surface area contributed by atoms with E-state index in [1.54, 1.807) is 0 Å². The molecule has 14 nitrogen and oxygen atoms in total. The number of ether oxygens (including phenoxy) is 7. The second-order valence-electron chi connectivity index (χ2n) is 13.5. The fraction of sp³-hybridized carbons (Fsp3) is 0.500. The molecule has 1 heterocycles. The average molecular weight is 750 g/mol. The van der Waals surface area contributed by atoms with Gasteiger partial charge < -0.3 is 38.5 Å². The van der Waals surface area contributed by atoms with E-state index in [4.69, 9.17) is 33.2 Å². The highest BCUT2D eigenvalue weighted by molar-refractivity contribution is 5.84. The number of ketones is 1. The molecule has 2 aliphatic carbocycles. The van der Waals surface area contributed by atoms with E-state index in [-0.39, 0.29) is 55.7 Å². The van der Waals surface area contributed by atoms with Gasteiger partial charge in [-0.3, -0.25) is 24.0 Å². The molecule has 2 fully saturated rings. The number of hydrogen-bond acceptors (Lipinski definition) is 13. The topological polar surface area (TPSA) is 179 Å². The molecule has 14 heteroatoms. The van der Waals surface area contributed by atoms with Crippen LogP contribution < -0.4 is 5.32 Å². The number of esters is 4. The second kappa shape index (κ2) is 18.8. The molecule has 0 aromatic heterocycles. The molecule has 1 saturated heterocycles. The van der Waals surface area contributed by atoms with E-state index >= 15 is 0 Å². The highest BCUT2D eigenvalue weighted by Gasteiger charge is 2.52. The lowest BCUT2D eigenvalue weighted by Gasteiger charge is -2.44. The van der Waals surface area contributed by atoms with E-state index in [1.807, 2.05) is 60.7 Å². The predicted octanol–water partition coefficient (Wildman–Crippen LogP) is 4.56. The highest BCUT2D eigenvalue weighted by Crippen LogP contribution is 2.44. The van der Waals surface area contributed by atoms with Gasteiger partial charge in [0.05, 0.1) is 20.3 Å². The van der Waals surface area contributed by atoms with Gasteiger partial charge >= 0.3 is 30.0 Å². The van der Waals surface area contributed by atoms with Gasteiger partial charge in [-0.1, -0.05) is 60.7 Å². The molecule has 54 heavy (non-hydrogen) atoms. The summed E-state index contributed by atoms with van der Waals surface area (Å²) in [4.78, 5) is 74.1. The zero-order valence-electron chi connectivity index (χ0n) is 30.9. The molecule has 7 atom stereocenters. The third kappa shape index (κ3) is 10.1. The molecule has 1 N–H and O–H groups in total. The predicted molar refractivity (Wildman–Crippen MR) is 191 cm³/mol. The first kappa shape index (κ1) is 40.1. The Balaban J connectivity index is 1.23. The monoisotopic (exact) mass is 749 g/mol. The Morgan fingerprint density at radius 1 is 0.833 bits per heavy atom. The number of allylic oxidation sites excluding steroid dienone is 1. The summed E-state index contributed by atoms with van der Waals surface area (Å²) in [6, 6.07) is 15.9. The van der Waals surface area contributed by atoms with Crippen molar-refractivity contribution in [3.05, 3.63) is 71.8 Å². The SMILES string of the molecule is COC(=O)C[C@H]1CCC(=O)[C@@H]1C/C=C\CCO[C@@H]1O[C@H](CNC(=O)OCC2c3ccccc3-c3ccccc32)[C@H](OC(C)=O)[C@H](OC(C)=O)[C@H]1OC(C)=O. The smallest absolute Gasteiger partial charge is 0.407 e. The van der Waals surface area contributed by atoms with Gasteiger partial charge in [0.2, 0.25) is 0 Å². The first-order valence-electron chi connectivity index (χ1n) is 18.1. The Morgan fingerprint density at radius 3 is 2.07 bits per heavy atom. The van der Waals surface area contributed by atoms with Crippen LogP contribution in [-0.2, 0) is 57.1 Å². The summed E-state index contributed by atoms with van der Waals surface area (Å²) in [5.41, 5.74) is 4.25. The van der Waals surface area contributed by atoms with Crippen LogP contribution in [0.25, 0.3) is 11.1 Å². The van der Waals surface area contributed by atoms with E-state index in [0.717, 1.165) is 43.0 Å². The minimum atomic E-state index is -1.35. The lowest BCUT2D eigenvalue weighted by Crippen LogP contribution is -2.63. The standard InChI is InChI=1S/C40H47NO13/c1-23(42)51-36-34(21-41-40(47)50-22-32-30-15-9-7-13-28(30)29-14-8-10-16-31(29)32)54-39(38(53-25(3)44)37(36)52-24(2)43)49-19-11-5-6-12-27-26(17-18-33(27)45)20-35(46)48-4/h5-10,13-16,26-27,32,34,36-39H,11-12,17-22H2,1-4H3,(H,41,47)/b6-5-/t26-,27-,34-,36+,37+,38-,39-/m1/s1. The quantitative estimate of drug-likeness (QED) is 0.116. The van der Waals surface area contributed by atoms with Crippen LogP contribution >= 0.6 is 0 Å². The molecule has 0 unspecified atom stereocenters. The van der Waals surface area contributed by atoms with Gasteiger partial charge in [0.25, 0.3) is 0 Å². The lowest BCUT2D eigenvalue weighted by molar-refractivity contribution is -0.302. The van der Waals surface area contributed by atoms with Crippen LogP contribution in [0, 0.1) is 11.8 Å². The number of rotatable bonds is 15. The number of Topliss-reactive ketones (excluding diaryl/α,β-unsaturated/α-hetero) is 1. The van der Waals surface area contributed by atoms with E-state index < -0.39 is 54.7 Å². The van der Waals surface area contributed by atoms with Crippen molar-refractivity contribution < 1.29 is 61.9 Å². The zero-order valence-corrected chi connectivity index (χ0v) is 30.9. The molecular formula is C40H47NO13. The first-order valence-corrected chi connectivity index (χ1v) is 18.1. The summed E-state index contributed by atoms with van der Waals surface area (Å²) >= 11 is 0. The summed E-state index contributed by atoms with van der Waals surface area (Å²) < 4.78 is 39.2. The molecule has 2 aromatic rings. The van der Waals surface area contributed by atoms with E-state index in [2.05, 4.69) is 5.32 Å². The molecule has 1 saturated carbocycles. The number of hydrogen-bond donors (Lipinski definition) is 1. The Kier molecular flexibility index (Phi) is 14.0. The van der Waals surface area contributed by atoms with Crippen molar-refractivity contribution in [2.24, 2.45) is 11.8 Å². The summed E-state index contributed by atoms with van der Waals surface area (Å²) in [7, 11) is 1.32.